The molecule has 0 bridgehead atoms. The molecule has 1 atom stereocenters. The molecule has 1 aromatic carbocycles. The molecule has 4 heteroatoms. The van der Waals surface area contributed by atoms with Gasteiger partial charge in [0.25, 0.3) is 0 Å². The molecule has 0 fully saturated rings. The van der Waals surface area contributed by atoms with Gasteiger partial charge >= 0.3 is 0 Å². The number of ether oxygens (including phenoxy) is 1. The van der Waals surface area contributed by atoms with Crippen LogP contribution in [0.25, 0.3) is 0 Å². The summed E-state index contributed by atoms with van der Waals surface area (Å²) in [6, 6.07) is 8.27. The Morgan fingerprint density at radius 3 is 2.62 bits per heavy atom. The molecule has 0 aliphatic carbocycles. The first-order valence-electron chi connectivity index (χ1n) is 7.18. The van der Waals surface area contributed by atoms with Crippen LogP contribution in [0.5, 0.6) is 11.5 Å². The number of nitrogens with two attached hydrogens (primary N) is 1. The molecule has 1 heterocycles. The number of hydrogen-bond donors (Lipinski definition) is 1. The van der Waals surface area contributed by atoms with E-state index in [1.54, 1.807) is 6.07 Å². The van der Waals surface area contributed by atoms with E-state index in [-0.39, 0.29) is 11.9 Å². The van der Waals surface area contributed by atoms with Gasteiger partial charge in [0.2, 0.25) is 0 Å². The highest BCUT2D eigenvalue weighted by Gasteiger charge is 2.11. The summed E-state index contributed by atoms with van der Waals surface area (Å²) in [5, 5.41) is 0. The normalized spacial score (nSPS) is 12.2. The maximum Gasteiger partial charge on any atom is 0.148 e. The van der Waals surface area contributed by atoms with E-state index >= 15 is 0 Å². The van der Waals surface area contributed by atoms with Crippen LogP contribution < -0.4 is 10.5 Å². The average Bonchev–Trinajstić information content (AvgIpc) is 2.42. The first-order valence-corrected chi connectivity index (χ1v) is 7.18. The molecule has 0 amide bonds. The number of aryl methyl sites for hydroxylation is 2. The fourth-order valence-electron chi connectivity index (χ4n) is 2.22. The number of benzene rings is 1. The van der Waals surface area contributed by atoms with E-state index in [9.17, 15) is 4.39 Å². The standard InChI is InChI=1S/C17H21FN2O/c1-4-15-17(7-5-12(3)20-15)21-16-8-6-14(18)10-13(16)9-11(2)19/h5-8,10-11H,4,9,19H2,1-3H3. The van der Waals surface area contributed by atoms with Gasteiger partial charge in [0.05, 0.1) is 5.69 Å². The Balaban J connectivity index is 2.35. The molecule has 0 saturated heterocycles. The van der Waals surface area contributed by atoms with Crippen molar-refractivity contribution in [3.8, 4) is 11.5 Å². The first-order chi connectivity index (χ1) is 9.99. The number of aromatic nitrogens is 1. The average molecular weight is 288 g/mol. The van der Waals surface area contributed by atoms with E-state index in [2.05, 4.69) is 4.98 Å². The van der Waals surface area contributed by atoms with Gasteiger partial charge in [-0.25, -0.2) is 4.39 Å². The van der Waals surface area contributed by atoms with Gasteiger partial charge in [-0.15, -0.1) is 0 Å². The van der Waals surface area contributed by atoms with Gasteiger partial charge in [0.15, 0.2) is 0 Å². The Labute approximate surface area is 125 Å². The predicted octanol–water partition coefficient (Wildman–Crippen LogP) is 3.77. The van der Waals surface area contributed by atoms with E-state index in [1.807, 2.05) is 32.9 Å². The summed E-state index contributed by atoms with van der Waals surface area (Å²) >= 11 is 0. The molecule has 0 aliphatic heterocycles. The first kappa shape index (κ1) is 15.4. The van der Waals surface area contributed by atoms with Crippen molar-refractivity contribution in [2.24, 2.45) is 5.73 Å². The summed E-state index contributed by atoms with van der Waals surface area (Å²) in [7, 11) is 0. The molecule has 21 heavy (non-hydrogen) atoms. The lowest BCUT2D eigenvalue weighted by Gasteiger charge is -2.15. The van der Waals surface area contributed by atoms with E-state index in [0.717, 1.165) is 23.4 Å². The molecule has 1 unspecified atom stereocenters. The summed E-state index contributed by atoms with van der Waals surface area (Å²) in [5.74, 6) is 1.06. The number of hydrogen-bond acceptors (Lipinski definition) is 3. The molecule has 1 aromatic heterocycles. The third-order valence-corrected chi connectivity index (χ3v) is 3.19. The lowest BCUT2D eigenvalue weighted by Crippen LogP contribution is -2.18. The van der Waals surface area contributed by atoms with Gasteiger partial charge in [0.1, 0.15) is 17.3 Å². The molecule has 3 nitrogen and oxygen atoms in total. The molecule has 112 valence electrons. The van der Waals surface area contributed by atoms with Crippen LogP contribution in [0.4, 0.5) is 4.39 Å². The van der Waals surface area contributed by atoms with Crippen LogP contribution >= 0.6 is 0 Å². The third-order valence-electron chi connectivity index (χ3n) is 3.19. The second-order valence-corrected chi connectivity index (χ2v) is 5.29. The summed E-state index contributed by atoms with van der Waals surface area (Å²) < 4.78 is 19.4. The zero-order chi connectivity index (χ0) is 15.4. The maximum absolute atomic E-state index is 13.4. The molecule has 0 radical (unpaired) electrons. The Bertz CT molecular complexity index is 626. The smallest absolute Gasteiger partial charge is 0.148 e. The molecule has 2 rings (SSSR count). The van der Waals surface area contributed by atoms with Crippen molar-refractivity contribution in [2.75, 3.05) is 0 Å². The lowest BCUT2D eigenvalue weighted by atomic mass is 10.1. The van der Waals surface area contributed by atoms with Crippen molar-refractivity contribution in [1.82, 2.24) is 4.98 Å². The van der Waals surface area contributed by atoms with E-state index < -0.39 is 0 Å². The highest BCUT2D eigenvalue weighted by Crippen LogP contribution is 2.29. The Kier molecular flexibility index (Phi) is 4.91. The number of nitrogens with zero attached hydrogens (tertiary/aromatic N) is 1. The Hall–Kier alpha value is -1.94. The SMILES string of the molecule is CCc1nc(C)ccc1Oc1ccc(F)cc1CC(C)N. The van der Waals surface area contributed by atoms with Crippen molar-refractivity contribution in [3.05, 3.63) is 53.1 Å². The Morgan fingerprint density at radius 2 is 1.95 bits per heavy atom. The topological polar surface area (TPSA) is 48.1 Å². The van der Waals surface area contributed by atoms with Crippen LogP contribution in [0.15, 0.2) is 30.3 Å². The van der Waals surface area contributed by atoms with Gasteiger partial charge in [-0.2, -0.15) is 0 Å². The van der Waals surface area contributed by atoms with Gasteiger partial charge in [-0.1, -0.05) is 6.92 Å². The second kappa shape index (κ2) is 6.68. The second-order valence-electron chi connectivity index (χ2n) is 5.29. The van der Waals surface area contributed by atoms with Crippen LogP contribution in [0.3, 0.4) is 0 Å². The summed E-state index contributed by atoms with van der Waals surface area (Å²) in [6.07, 6.45) is 1.34. The van der Waals surface area contributed by atoms with E-state index in [4.69, 9.17) is 10.5 Å². The van der Waals surface area contributed by atoms with Crippen LogP contribution in [0, 0.1) is 12.7 Å². The highest BCUT2D eigenvalue weighted by atomic mass is 19.1. The van der Waals surface area contributed by atoms with Crippen molar-refractivity contribution in [3.63, 3.8) is 0 Å². The zero-order valence-corrected chi connectivity index (χ0v) is 12.7. The zero-order valence-electron chi connectivity index (χ0n) is 12.7. The van der Waals surface area contributed by atoms with E-state index in [1.165, 1.54) is 12.1 Å². The predicted molar refractivity (Wildman–Crippen MR) is 82.2 cm³/mol. The van der Waals surface area contributed by atoms with Crippen LogP contribution in [-0.2, 0) is 12.8 Å². The summed E-state index contributed by atoms with van der Waals surface area (Å²) in [6.45, 7) is 5.87. The number of halogens is 1. The molecule has 0 spiro atoms. The number of pyridine rings is 1. The maximum atomic E-state index is 13.4. The Morgan fingerprint density at radius 1 is 1.24 bits per heavy atom. The van der Waals surface area contributed by atoms with Gasteiger partial charge < -0.3 is 10.5 Å². The van der Waals surface area contributed by atoms with Crippen molar-refractivity contribution in [2.45, 2.75) is 39.7 Å². The van der Waals surface area contributed by atoms with Gasteiger partial charge in [0, 0.05) is 11.7 Å². The molecule has 2 aromatic rings. The third kappa shape index (κ3) is 4.02. The fourth-order valence-corrected chi connectivity index (χ4v) is 2.22. The minimum absolute atomic E-state index is 0.0593. The fraction of sp³-hybridized carbons (Fsp3) is 0.353. The van der Waals surface area contributed by atoms with Gasteiger partial charge in [-0.3, -0.25) is 4.98 Å². The van der Waals surface area contributed by atoms with Crippen LogP contribution in [0.2, 0.25) is 0 Å². The van der Waals surface area contributed by atoms with Crippen molar-refractivity contribution >= 4 is 0 Å². The largest absolute Gasteiger partial charge is 0.455 e. The van der Waals surface area contributed by atoms with Gasteiger partial charge in [-0.05, 0) is 62.6 Å². The molecular formula is C17H21FN2O. The van der Waals surface area contributed by atoms with Crippen molar-refractivity contribution < 1.29 is 9.13 Å². The number of rotatable bonds is 5. The van der Waals surface area contributed by atoms with Crippen molar-refractivity contribution in [1.29, 1.82) is 0 Å². The highest BCUT2D eigenvalue weighted by molar-refractivity contribution is 5.40. The van der Waals surface area contributed by atoms with Crippen LogP contribution in [0.1, 0.15) is 30.8 Å². The minimum atomic E-state index is -0.282. The molecule has 2 N–H and O–H groups in total. The monoisotopic (exact) mass is 288 g/mol. The van der Waals surface area contributed by atoms with E-state index in [0.29, 0.717) is 17.9 Å². The quantitative estimate of drug-likeness (QED) is 0.911. The van der Waals surface area contributed by atoms with Crippen LogP contribution in [-0.4, -0.2) is 11.0 Å². The molecule has 0 saturated carbocycles. The minimum Gasteiger partial charge on any atom is -0.455 e. The summed E-state index contributed by atoms with van der Waals surface area (Å²) in [4.78, 5) is 4.47. The molecule has 0 aliphatic rings. The molecular weight excluding hydrogens is 267 g/mol. The lowest BCUT2D eigenvalue weighted by molar-refractivity contribution is 0.462. The summed E-state index contributed by atoms with van der Waals surface area (Å²) in [5.41, 5.74) is 8.44.